The van der Waals surface area contributed by atoms with Gasteiger partial charge in [0.05, 0.1) is 6.04 Å². The Kier molecular flexibility index (Phi) is 2.36. The molecule has 1 aromatic heterocycles. The maximum atomic E-state index is 11.7. The van der Waals surface area contributed by atoms with Gasteiger partial charge in [-0.2, -0.15) is 0 Å². The Bertz CT molecular complexity index is 291. The van der Waals surface area contributed by atoms with E-state index >= 15 is 0 Å². The Morgan fingerprint density at radius 2 is 2.46 bits per heavy atom. The molecule has 1 fully saturated rings. The first-order valence-corrected chi connectivity index (χ1v) is 4.56. The number of Topliss-reactive ketones (excluding diaryl/α,β-unsaturated/α-hetero) is 1. The van der Waals surface area contributed by atoms with Gasteiger partial charge in [-0.1, -0.05) is 6.07 Å². The molecule has 2 heterocycles. The molecular weight excluding hydrogens is 164 g/mol. The standard InChI is InChI=1S/C10H12N2O/c13-10(9-5-3-7-12-9)8-4-1-2-6-11-8/h1-2,4,6,9,12H,3,5,7H2/t9-/m0/s1. The van der Waals surface area contributed by atoms with Gasteiger partial charge >= 0.3 is 0 Å². The van der Waals surface area contributed by atoms with Crippen molar-refractivity contribution in [2.75, 3.05) is 6.54 Å². The summed E-state index contributed by atoms with van der Waals surface area (Å²) in [6, 6.07) is 5.42. The molecule has 3 heteroatoms. The van der Waals surface area contributed by atoms with Crippen LogP contribution in [0.1, 0.15) is 23.3 Å². The van der Waals surface area contributed by atoms with Crippen molar-refractivity contribution in [3.8, 4) is 0 Å². The zero-order chi connectivity index (χ0) is 9.10. The van der Waals surface area contributed by atoms with E-state index < -0.39 is 0 Å². The fraction of sp³-hybridized carbons (Fsp3) is 0.400. The van der Waals surface area contributed by atoms with Crippen LogP contribution in [-0.4, -0.2) is 23.4 Å². The van der Waals surface area contributed by atoms with Crippen LogP contribution in [0.4, 0.5) is 0 Å². The van der Waals surface area contributed by atoms with Crippen molar-refractivity contribution >= 4 is 5.78 Å². The minimum atomic E-state index is -0.00472. The summed E-state index contributed by atoms with van der Waals surface area (Å²) in [5.74, 6) is 0.123. The number of hydrogen-bond donors (Lipinski definition) is 1. The van der Waals surface area contributed by atoms with E-state index in [-0.39, 0.29) is 11.8 Å². The normalized spacial score (nSPS) is 21.7. The van der Waals surface area contributed by atoms with E-state index in [9.17, 15) is 4.79 Å². The number of carbonyl (C=O) groups is 1. The van der Waals surface area contributed by atoms with E-state index in [4.69, 9.17) is 0 Å². The van der Waals surface area contributed by atoms with Crippen molar-refractivity contribution in [1.82, 2.24) is 10.3 Å². The second-order valence-corrected chi connectivity index (χ2v) is 3.23. The minimum Gasteiger partial charge on any atom is -0.307 e. The summed E-state index contributed by atoms with van der Waals surface area (Å²) >= 11 is 0. The third kappa shape index (κ3) is 1.75. The monoisotopic (exact) mass is 176 g/mol. The predicted octanol–water partition coefficient (Wildman–Crippen LogP) is 1.02. The summed E-state index contributed by atoms with van der Waals surface area (Å²) in [7, 11) is 0. The second kappa shape index (κ2) is 3.66. The highest BCUT2D eigenvalue weighted by Crippen LogP contribution is 2.10. The molecule has 2 rings (SSSR count). The molecule has 0 aromatic carbocycles. The van der Waals surface area contributed by atoms with Crippen LogP contribution >= 0.6 is 0 Å². The molecule has 1 aliphatic rings. The van der Waals surface area contributed by atoms with Crippen molar-refractivity contribution in [1.29, 1.82) is 0 Å². The number of aromatic nitrogens is 1. The Balaban J connectivity index is 2.13. The summed E-state index contributed by atoms with van der Waals surface area (Å²) in [6.45, 7) is 0.948. The maximum absolute atomic E-state index is 11.7. The molecule has 68 valence electrons. The molecule has 1 saturated heterocycles. The molecule has 0 saturated carbocycles. The molecule has 0 amide bonds. The number of pyridine rings is 1. The Hall–Kier alpha value is -1.22. The van der Waals surface area contributed by atoms with Gasteiger partial charge in [0.25, 0.3) is 0 Å². The first-order chi connectivity index (χ1) is 6.38. The van der Waals surface area contributed by atoms with E-state index in [0.717, 1.165) is 19.4 Å². The fourth-order valence-corrected chi connectivity index (χ4v) is 1.60. The average molecular weight is 176 g/mol. The van der Waals surface area contributed by atoms with Gasteiger partial charge in [0.15, 0.2) is 5.78 Å². The Morgan fingerprint density at radius 1 is 1.54 bits per heavy atom. The molecule has 1 N–H and O–H groups in total. The lowest BCUT2D eigenvalue weighted by Gasteiger charge is -2.06. The van der Waals surface area contributed by atoms with Crippen LogP contribution in [0.5, 0.6) is 0 Å². The highest BCUT2D eigenvalue weighted by atomic mass is 16.1. The van der Waals surface area contributed by atoms with Crippen LogP contribution in [0.15, 0.2) is 24.4 Å². The van der Waals surface area contributed by atoms with Gasteiger partial charge in [-0.3, -0.25) is 9.78 Å². The largest absolute Gasteiger partial charge is 0.307 e. The van der Waals surface area contributed by atoms with Crippen LogP contribution in [0.2, 0.25) is 0 Å². The quantitative estimate of drug-likeness (QED) is 0.684. The molecule has 1 atom stereocenters. The van der Waals surface area contributed by atoms with Crippen LogP contribution < -0.4 is 5.32 Å². The first-order valence-electron chi connectivity index (χ1n) is 4.56. The number of carbonyl (C=O) groups excluding carboxylic acids is 1. The van der Waals surface area contributed by atoms with Crippen molar-refractivity contribution < 1.29 is 4.79 Å². The third-order valence-electron chi connectivity index (χ3n) is 2.29. The van der Waals surface area contributed by atoms with Crippen molar-refractivity contribution in [2.24, 2.45) is 0 Å². The van der Waals surface area contributed by atoms with Gasteiger partial charge in [0.1, 0.15) is 5.69 Å². The lowest BCUT2D eigenvalue weighted by atomic mass is 10.1. The van der Waals surface area contributed by atoms with Crippen LogP contribution in [0, 0.1) is 0 Å². The van der Waals surface area contributed by atoms with Crippen molar-refractivity contribution in [2.45, 2.75) is 18.9 Å². The summed E-state index contributed by atoms with van der Waals surface area (Å²) < 4.78 is 0. The van der Waals surface area contributed by atoms with Crippen molar-refractivity contribution in [3.05, 3.63) is 30.1 Å². The van der Waals surface area contributed by atoms with Gasteiger partial charge in [-0.15, -0.1) is 0 Å². The fourth-order valence-electron chi connectivity index (χ4n) is 1.60. The summed E-state index contributed by atoms with van der Waals surface area (Å²) in [6.07, 6.45) is 3.68. The lowest BCUT2D eigenvalue weighted by Crippen LogP contribution is -2.31. The zero-order valence-electron chi connectivity index (χ0n) is 7.36. The molecule has 0 spiro atoms. The van der Waals surface area contributed by atoms with E-state index in [2.05, 4.69) is 10.3 Å². The third-order valence-corrected chi connectivity index (χ3v) is 2.29. The topological polar surface area (TPSA) is 42.0 Å². The van der Waals surface area contributed by atoms with E-state index in [1.807, 2.05) is 12.1 Å². The molecule has 13 heavy (non-hydrogen) atoms. The Labute approximate surface area is 77.2 Å². The highest BCUT2D eigenvalue weighted by molar-refractivity contribution is 5.98. The molecule has 3 nitrogen and oxygen atoms in total. The van der Waals surface area contributed by atoms with Crippen LogP contribution in [-0.2, 0) is 0 Å². The maximum Gasteiger partial charge on any atom is 0.197 e. The summed E-state index contributed by atoms with van der Waals surface area (Å²) in [5.41, 5.74) is 0.571. The number of ketones is 1. The molecule has 0 bridgehead atoms. The SMILES string of the molecule is O=C(c1ccccn1)[C@@H]1CCCN1. The van der Waals surface area contributed by atoms with Crippen LogP contribution in [0.3, 0.4) is 0 Å². The number of nitrogens with one attached hydrogen (secondary N) is 1. The highest BCUT2D eigenvalue weighted by Gasteiger charge is 2.23. The number of rotatable bonds is 2. The van der Waals surface area contributed by atoms with E-state index in [0.29, 0.717) is 5.69 Å². The molecule has 1 aromatic rings. The lowest BCUT2D eigenvalue weighted by molar-refractivity contribution is 0.0947. The molecule has 1 aliphatic heterocycles. The summed E-state index contributed by atoms with van der Waals surface area (Å²) in [5, 5.41) is 3.17. The van der Waals surface area contributed by atoms with Gasteiger partial charge in [0.2, 0.25) is 0 Å². The molecule has 0 unspecified atom stereocenters. The molecular formula is C10H12N2O. The smallest absolute Gasteiger partial charge is 0.197 e. The second-order valence-electron chi connectivity index (χ2n) is 3.23. The van der Waals surface area contributed by atoms with Crippen molar-refractivity contribution in [3.63, 3.8) is 0 Å². The number of nitrogens with zero attached hydrogens (tertiary/aromatic N) is 1. The minimum absolute atomic E-state index is 0.00472. The number of hydrogen-bond acceptors (Lipinski definition) is 3. The van der Waals surface area contributed by atoms with Gasteiger partial charge < -0.3 is 5.32 Å². The first kappa shape index (κ1) is 8.38. The van der Waals surface area contributed by atoms with Gasteiger partial charge in [-0.05, 0) is 31.5 Å². The predicted molar refractivity (Wildman–Crippen MR) is 49.6 cm³/mol. The zero-order valence-corrected chi connectivity index (χ0v) is 7.36. The molecule has 0 radical (unpaired) electrons. The van der Waals surface area contributed by atoms with E-state index in [1.165, 1.54) is 0 Å². The van der Waals surface area contributed by atoms with Gasteiger partial charge in [-0.25, -0.2) is 0 Å². The summed E-state index contributed by atoms with van der Waals surface area (Å²) in [4.78, 5) is 15.8. The van der Waals surface area contributed by atoms with Crippen LogP contribution in [0.25, 0.3) is 0 Å². The Morgan fingerprint density at radius 3 is 3.08 bits per heavy atom. The average Bonchev–Trinajstić information content (AvgIpc) is 2.71. The van der Waals surface area contributed by atoms with Gasteiger partial charge in [0, 0.05) is 6.20 Å². The van der Waals surface area contributed by atoms with E-state index in [1.54, 1.807) is 12.3 Å². The molecule has 0 aliphatic carbocycles.